The number of benzene rings is 1. The lowest BCUT2D eigenvalue weighted by atomic mass is 10.0. The van der Waals surface area contributed by atoms with Crippen molar-refractivity contribution in [2.75, 3.05) is 0 Å². The summed E-state index contributed by atoms with van der Waals surface area (Å²) in [5.41, 5.74) is 2.99. The lowest BCUT2D eigenvalue weighted by Crippen LogP contribution is -1.89. The highest BCUT2D eigenvalue weighted by molar-refractivity contribution is 5.25. The summed E-state index contributed by atoms with van der Waals surface area (Å²) in [5.74, 6) is 0. The van der Waals surface area contributed by atoms with Crippen molar-refractivity contribution in [3.05, 3.63) is 47.8 Å². The third kappa shape index (κ3) is 9.01. The minimum absolute atomic E-state index is 1.26. The van der Waals surface area contributed by atoms with Crippen molar-refractivity contribution >= 4 is 0 Å². The van der Waals surface area contributed by atoms with Crippen LogP contribution in [0.1, 0.15) is 63.0 Å². The van der Waals surface area contributed by atoms with Crippen molar-refractivity contribution in [2.24, 2.45) is 0 Å². The Hall–Kier alpha value is -1.64. The number of aryl methyl sites for hydroxylation is 2. The average molecular weight is 287 g/mol. The first-order chi connectivity index (χ1) is 10.3. The third-order valence-corrected chi connectivity index (χ3v) is 3.64. The second kappa shape index (κ2) is 12.1. The fraction of sp³-hybridized carbons (Fsp3) is 0.556. The van der Waals surface area contributed by atoms with E-state index in [1.807, 2.05) is 0 Å². The lowest BCUT2D eigenvalue weighted by Gasteiger charge is -2.05. The molecule has 0 bridgehead atoms. The monoisotopic (exact) mass is 287 g/mol. The molecule has 0 unspecified atom stereocenters. The van der Waals surface area contributed by atoms with Gasteiger partial charge in [0.15, 0.2) is 0 Å². The molecule has 0 aliphatic rings. The molecule has 2 rings (SSSR count). The summed E-state index contributed by atoms with van der Waals surface area (Å²) in [6.07, 6.45) is 14.3. The van der Waals surface area contributed by atoms with Gasteiger partial charge in [-0.2, -0.15) is 0 Å². The molecule has 0 aliphatic carbocycles. The Bertz CT molecular complexity index is 420. The Morgan fingerprint density at radius 2 is 1.67 bits per heavy atom. The Morgan fingerprint density at radius 3 is 2.24 bits per heavy atom. The number of rotatable bonds is 8. The van der Waals surface area contributed by atoms with Crippen molar-refractivity contribution in [3.8, 4) is 0 Å². The molecule has 0 saturated heterocycles. The minimum Gasteiger partial charge on any atom is -0.266 e. The molecule has 21 heavy (non-hydrogen) atoms. The van der Waals surface area contributed by atoms with Crippen molar-refractivity contribution in [2.45, 2.75) is 65.2 Å². The van der Waals surface area contributed by atoms with Gasteiger partial charge in [0.2, 0.25) is 0 Å². The van der Waals surface area contributed by atoms with Gasteiger partial charge in [-0.3, -0.25) is 5.10 Å². The predicted octanol–water partition coefficient (Wildman–Crippen LogP) is 5.09. The first kappa shape index (κ1) is 17.4. The Morgan fingerprint density at radius 1 is 0.952 bits per heavy atom. The standard InChI is InChI=1S/C16H26.C2H3N3/c1-3-4-5-6-7-8-9-13-16-14-11-10-12-15(16)2;1-2-4-5-3-1/h10-12,14H,3-9,13H2,1-2H3;1-2H,(H,3,4,5). The van der Waals surface area contributed by atoms with Gasteiger partial charge in [-0.25, -0.2) is 0 Å². The van der Waals surface area contributed by atoms with Gasteiger partial charge in [0.25, 0.3) is 0 Å². The number of unbranched alkanes of at least 4 members (excludes halogenated alkanes) is 6. The third-order valence-electron chi connectivity index (χ3n) is 3.64. The number of hydrogen-bond donors (Lipinski definition) is 1. The SMILES string of the molecule is CCCCCCCCCc1ccccc1C.c1c[nH]nn1. The molecule has 0 aliphatic heterocycles. The summed E-state index contributed by atoms with van der Waals surface area (Å²) < 4.78 is 0. The van der Waals surface area contributed by atoms with E-state index in [1.54, 1.807) is 12.4 Å². The minimum atomic E-state index is 1.26. The van der Waals surface area contributed by atoms with Gasteiger partial charge >= 0.3 is 0 Å². The van der Waals surface area contributed by atoms with Crippen LogP contribution in [-0.4, -0.2) is 15.4 Å². The smallest absolute Gasteiger partial charge is 0.0690 e. The summed E-state index contributed by atoms with van der Waals surface area (Å²) in [5, 5.41) is 9.26. The summed E-state index contributed by atoms with van der Waals surface area (Å²) >= 11 is 0. The van der Waals surface area contributed by atoms with Crippen LogP contribution in [0.4, 0.5) is 0 Å². The molecular weight excluding hydrogens is 258 g/mol. The van der Waals surface area contributed by atoms with Crippen LogP contribution in [0.15, 0.2) is 36.7 Å². The molecule has 0 radical (unpaired) electrons. The van der Waals surface area contributed by atoms with E-state index in [2.05, 4.69) is 53.5 Å². The Labute approximate surface area is 129 Å². The van der Waals surface area contributed by atoms with Gasteiger partial charge in [0.1, 0.15) is 0 Å². The van der Waals surface area contributed by atoms with Crippen LogP contribution in [-0.2, 0) is 6.42 Å². The zero-order valence-corrected chi connectivity index (χ0v) is 13.5. The molecule has 0 atom stereocenters. The molecule has 0 saturated carbocycles. The quantitative estimate of drug-likeness (QED) is 0.687. The highest BCUT2D eigenvalue weighted by Gasteiger charge is 1.96. The van der Waals surface area contributed by atoms with Gasteiger partial charge in [0.05, 0.1) is 6.20 Å². The highest BCUT2D eigenvalue weighted by Crippen LogP contribution is 2.13. The molecule has 3 heteroatoms. The fourth-order valence-corrected chi connectivity index (χ4v) is 2.33. The van der Waals surface area contributed by atoms with E-state index in [0.29, 0.717) is 0 Å². The molecule has 0 spiro atoms. The summed E-state index contributed by atoms with van der Waals surface area (Å²) in [4.78, 5) is 0. The highest BCUT2D eigenvalue weighted by atomic mass is 15.3. The second-order valence-corrected chi connectivity index (χ2v) is 5.46. The molecule has 1 heterocycles. The van der Waals surface area contributed by atoms with Crippen LogP contribution >= 0.6 is 0 Å². The van der Waals surface area contributed by atoms with E-state index in [0.717, 1.165) is 0 Å². The zero-order chi connectivity index (χ0) is 15.2. The maximum atomic E-state index is 3.42. The molecule has 1 aromatic carbocycles. The maximum Gasteiger partial charge on any atom is 0.0690 e. The molecule has 3 nitrogen and oxygen atoms in total. The Kier molecular flexibility index (Phi) is 10.1. The number of H-pyrrole nitrogens is 1. The zero-order valence-electron chi connectivity index (χ0n) is 13.5. The molecule has 1 N–H and O–H groups in total. The van der Waals surface area contributed by atoms with E-state index in [1.165, 1.54) is 62.5 Å². The van der Waals surface area contributed by atoms with Crippen molar-refractivity contribution < 1.29 is 0 Å². The molecular formula is C18H29N3. The first-order valence-electron chi connectivity index (χ1n) is 8.19. The lowest BCUT2D eigenvalue weighted by molar-refractivity contribution is 0.589. The van der Waals surface area contributed by atoms with E-state index in [-0.39, 0.29) is 0 Å². The van der Waals surface area contributed by atoms with Crippen molar-refractivity contribution in [1.29, 1.82) is 0 Å². The largest absolute Gasteiger partial charge is 0.266 e. The number of nitrogens with zero attached hydrogens (tertiary/aromatic N) is 2. The summed E-state index contributed by atoms with van der Waals surface area (Å²) in [7, 11) is 0. The van der Waals surface area contributed by atoms with Gasteiger partial charge in [-0.15, -0.1) is 5.10 Å². The van der Waals surface area contributed by atoms with E-state index in [4.69, 9.17) is 0 Å². The number of hydrogen-bond acceptors (Lipinski definition) is 2. The topological polar surface area (TPSA) is 41.6 Å². The maximum absolute atomic E-state index is 3.42. The number of nitrogens with one attached hydrogen (secondary N) is 1. The number of aromatic amines is 1. The molecule has 0 amide bonds. The van der Waals surface area contributed by atoms with E-state index >= 15 is 0 Å². The van der Waals surface area contributed by atoms with Crippen LogP contribution in [0.5, 0.6) is 0 Å². The molecule has 1 aromatic heterocycles. The van der Waals surface area contributed by atoms with Crippen LogP contribution in [0.3, 0.4) is 0 Å². The molecule has 116 valence electrons. The predicted molar refractivity (Wildman–Crippen MR) is 89.3 cm³/mol. The van der Waals surface area contributed by atoms with Crippen LogP contribution in [0.25, 0.3) is 0 Å². The van der Waals surface area contributed by atoms with Crippen molar-refractivity contribution in [3.63, 3.8) is 0 Å². The molecule has 2 aromatic rings. The van der Waals surface area contributed by atoms with Crippen LogP contribution in [0, 0.1) is 6.92 Å². The van der Waals surface area contributed by atoms with Gasteiger partial charge in [0, 0.05) is 6.20 Å². The molecule has 0 fully saturated rings. The second-order valence-electron chi connectivity index (χ2n) is 5.46. The summed E-state index contributed by atoms with van der Waals surface area (Å²) in [6, 6.07) is 8.77. The van der Waals surface area contributed by atoms with Gasteiger partial charge < -0.3 is 0 Å². The normalized spacial score (nSPS) is 10.0. The van der Waals surface area contributed by atoms with E-state index in [9.17, 15) is 0 Å². The Balaban J connectivity index is 0.000000369. The van der Waals surface area contributed by atoms with Crippen molar-refractivity contribution in [1.82, 2.24) is 15.4 Å². The van der Waals surface area contributed by atoms with E-state index < -0.39 is 0 Å². The fourth-order valence-electron chi connectivity index (χ4n) is 2.33. The summed E-state index contributed by atoms with van der Waals surface area (Å²) in [6.45, 7) is 4.49. The van der Waals surface area contributed by atoms with Crippen LogP contribution in [0.2, 0.25) is 0 Å². The van der Waals surface area contributed by atoms with Crippen LogP contribution < -0.4 is 0 Å². The van der Waals surface area contributed by atoms with Gasteiger partial charge in [-0.1, -0.05) is 74.9 Å². The average Bonchev–Trinajstić information content (AvgIpc) is 3.08. The van der Waals surface area contributed by atoms with Gasteiger partial charge in [-0.05, 0) is 30.9 Å². The first-order valence-corrected chi connectivity index (χ1v) is 8.19. The number of aromatic nitrogens is 3.